The smallest absolute Gasteiger partial charge is 0.123 e. The minimum absolute atomic E-state index is 0.0665. The lowest BCUT2D eigenvalue weighted by atomic mass is 10.0. The highest BCUT2D eigenvalue weighted by atomic mass is 127. The molecule has 1 nitrogen and oxygen atoms in total. The molecule has 0 bridgehead atoms. The van der Waals surface area contributed by atoms with Gasteiger partial charge in [-0.15, -0.1) is 0 Å². The Balaban J connectivity index is 2.45. The minimum atomic E-state index is 0.0665. The molecule has 4 heteroatoms. The maximum Gasteiger partial charge on any atom is 0.123 e. The van der Waals surface area contributed by atoms with Gasteiger partial charge in [-0.25, -0.2) is 0 Å². The molecule has 1 atom stereocenters. The van der Waals surface area contributed by atoms with Crippen LogP contribution in [0.1, 0.15) is 21.5 Å². The summed E-state index contributed by atoms with van der Waals surface area (Å²) in [7, 11) is 1.69. The third-order valence-corrected chi connectivity index (χ3v) is 5.49. The van der Waals surface area contributed by atoms with Gasteiger partial charge in [-0.2, -0.15) is 0 Å². The van der Waals surface area contributed by atoms with Crippen LogP contribution in [0.2, 0.25) is 5.02 Å². The molecule has 2 rings (SSSR count). The zero-order chi connectivity index (χ0) is 14.0. The third kappa shape index (κ3) is 3.44. The Hall–Kier alpha value is -0.260. The van der Waals surface area contributed by atoms with Crippen molar-refractivity contribution in [3.8, 4) is 5.75 Å². The first-order valence-electron chi connectivity index (χ1n) is 5.76. The van der Waals surface area contributed by atoms with Crippen molar-refractivity contribution in [2.75, 3.05) is 7.11 Å². The maximum absolute atomic E-state index is 6.19. The second-order valence-corrected chi connectivity index (χ2v) is 6.77. The molecule has 0 fully saturated rings. The number of aryl methyl sites for hydroxylation is 1. The van der Waals surface area contributed by atoms with Gasteiger partial charge in [0.25, 0.3) is 0 Å². The van der Waals surface area contributed by atoms with Crippen LogP contribution in [0.5, 0.6) is 5.75 Å². The molecule has 0 saturated heterocycles. The van der Waals surface area contributed by atoms with Crippen LogP contribution < -0.4 is 4.74 Å². The van der Waals surface area contributed by atoms with E-state index in [-0.39, 0.29) is 4.83 Å². The van der Waals surface area contributed by atoms with E-state index in [1.165, 1.54) is 5.56 Å². The van der Waals surface area contributed by atoms with Gasteiger partial charge < -0.3 is 4.74 Å². The average molecular weight is 452 g/mol. The van der Waals surface area contributed by atoms with Crippen LogP contribution in [-0.4, -0.2) is 7.11 Å². The molecule has 2 aromatic carbocycles. The van der Waals surface area contributed by atoms with Gasteiger partial charge >= 0.3 is 0 Å². The van der Waals surface area contributed by atoms with E-state index in [2.05, 4.69) is 57.6 Å². The highest BCUT2D eigenvalue weighted by molar-refractivity contribution is 14.1. The third-order valence-electron chi connectivity index (χ3n) is 2.89. The first-order chi connectivity index (χ1) is 9.02. The molecule has 0 aliphatic carbocycles. The molecule has 0 heterocycles. The van der Waals surface area contributed by atoms with E-state index in [4.69, 9.17) is 16.3 Å². The molecular formula is C15H13BrClIO. The summed E-state index contributed by atoms with van der Waals surface area (Å²) in [5, 5.41) is 0.772. The summed E-state index contributed by atoms with van der Waals surface area (Å²) in [6.45, 7) is 2.07. The summed E-state index contributed by atoms with van der Waals surface area (Å²) in [5.41, 5.74) is 3.44. The van der Waals surface area contributed by atoms with Crippen molar-refractivity contribution >= 4 is 50.1 Å². The predicted octanol–water partition coefficient (Wildman–Crippen LogP) is 5.75. The fourth-order valence-electron chi connectivity index (χ4n) is 1.90. The van der Waals surface area contributed by atoms with Crippen LogP contribution in [0.15, 0.2) is 36.4 Å². The highest BCUT2D eigenvalue weighted by Gasteiger charge is 2.16. The van der Waals surface area contributed by atoms with Crippen molar-refractivity contribution in [2.45, 2.75) is 11.8 Å². The second kappa shape index (κ2) is 6.46. The first-order valence-corrected chi connectivity index (χ1v) is 8.13. The average Bonchev–Trinajstić information content (AvgIpc) is 2.41. The van der Waals surface area contributed by atoms with Crippen LogP contribution in [0, 0.1) is 10.5 Å². The van der Waals surface area contributed by atoms with Gasteiger partial charge in [0.15, 0.2) is 0 Å². The van der Waals surface area contributed by atoms with Gasteiger partial charge in [0.1, 0.15) is 5.75 Å². The van der Waals surface area contributed by atoms with Crippen LogP contribution >= 0.6 is 50.1 Å². The monoisotopic (exact) mass is 450 g/mol. The number of ether oxygens (including phenoxy) is 1. The molecule has 100 valence electrons. The van der Waals surface area contributed by atoms with E-state index in [0.29, 0.717) is 0 Å². The van der Waals surface area contributed by atoms with Crippen LogP contribution in [0.25, 0.3) is 0 Å². The molecule has 0 amide bonds. The molecule has 0 aliphatic heterocycles. The first kappa shape index (κ1) is 15.1. The lowest BCUT2D eigenvalue weighted by Gasteiger charge is -2.16. The molecule has 0 N–H and O–H groups in total. The lowest BCUT2D eigenvalue weighted by Crippen LogP contribution is -1.98. The molecular weight excluding hydrogens is 438 g/mol. The zero-order valence-electron chi connectivity index (χ0n) is 10.6. The fraction of sp³-hybridized carbons (Fsp3) is 0.200. The Bertz CT molecular complexity index is 601. The van der Waals surface area contributed by atoms with Crippen LogP contribution in [0.4, 0.5) is 0 Å². The summed E-state index contributed by atoms with van der Waals surface area (Å²) in [4.78, 5) is 0.0665. The summed E-state index contributed by atoms with van der Waals surface area (Å²) in [6.07, 6.45) is 0. The van der Waals surface area contributed by atoms with Crippen molar-refractivity contribution in [3.63, 3.8) is 0 Å². The number of benzene rings is 2. The molecule has 0 aromatic heterocycles. The zero-order valence-corrected chi connectivity index (χ0v) is 15.1. The van der Waals surface area contributed by atoms with E-state index in [1.807, 2.05) is 24.3 Å². The summed E-state index contributed by atoms with van der Waals surface area (Å²) >= 11 is 12.2. The van der Waals surface area contributed by atoms with Gasteiger partial charge in [-0.3, -0.25) is 0 Å². The van der Waals surface area contributed by atoms with Crippen molar-refractivity contribution in [1.82, 2.24) is 0 Å². The number of methoxy groups -OCH3 is 1. The summed E-state index contributed by atoms with van der Waals surface area (Å²) in [6, 6.07) is 12.3. The lowest BCUT2D eigenvalue weighted by molar-refractivity contribution is 0.410. The van der Waals surface area contributed by atoms with Crippen LogP contribution in [0.3, 0.4) is 0 Å². The SMILES string of the molecule is COc1ccc(C)cc1C(Br)c1ccc(I)c(Cl)c1. The van der Waals surface area contributed by atoms with Crippen LogP contribution in [-0.2, 0) is 0 Å². The van der Waals surface area contributed by atoms with Crippen molar-refractivity contribution in [2.24, 2.45) is 0 Å². The van der Waals surface area contributed by atoms with Gasteiger partial charge in [0.05, 0.1) is 17.0 Å². The Labute approximate surface area is 140 Å². The second-order valence-electron chi connectivity index (χ2n) is 4.28. The minimum Gasteiger partial charge on any atom is -0.496 e. The van der Waals surface area contributed by atoms with Gasteiger partial charge in [0.2, 0.25) is 0 Å². The van der Waals surface area contributed by atoms with Gasteiger partial charge in [-0.1, -0.05) is 51.3 Å². The molecule has 0 saturated carbocycles. The molecule has 0 radical (unpaired) electrons. The summed E-state index contributed by atoms with van der Waals surface area (Å²) in [5.74, 6) is 0.877. The van der Waals surface area contributed by atoms with Crippen molar-refractivity contribution in [3.05, 3.63) is 61.7 Å². The number of hydrogen-bond acceptors (Lipinski definition) is 1. The molecule has 19 heavy (non-hydrogen) atoms. The Kier molecular flexibility index (Phi) is 5.15. The number of alkyl halides is 1. The van der Waals surface area contributed by atoms with E-state index in [9.17, 15) is 0 Å². The largest absolute Gasteiger partial charge is 0.496 e. The van der Waals surface area contributed by atoms with E-state index in [1.54, 1.807) is 7.11 Å². The molecule has 0 aliphatic rings. The maximum atomic E-state index is 6.19. The van der Waals surface area contributed by atoms with E-state index in [0.717, 1.165) is 25.5 Å². The quantitative estimate of drug-likeness (QED) is 0.427. The Morgan fingerprint density at radius 3 is 2.58 bits per heavy atom. The van der Waals surface area contributed by atoms with E-state index < -0.39 is 0 Å². The predicted molar refractivity (Wildman–Crippen MR) is 92.7 cm³/mol. The van der Waals surface area contributed by atoms with Gasteiger partial charge in [0, 0.05) is 9.13 Å². The van der Waals surface area contributed by atoms with Crippen molar-refractivity contribution in [1.29, 1.82) is 0 Å². The molecule has 2 aromatic rings. The highest BCUT2D eigenvalue weighted by Crippen LogP contribution is 2.38. The molecule has 1 unspecified atom stereocenters. The standard InChI is InChI=1S/C15H13BrClIO/c1-9-3-6-14(19-2)11(7-9)15(16)10-4-5-13(18)12(17)8-10/h3-8,15H,1-2H3. The number of hydrogen-bond donors (Lipinski definition) is 0. The number of halogens is 3. The summed E-state index contributed by atoms with van der Waals surface area (Å²) < 4.78 is 6.49. The van der Waals surface area contributed by atoms with Crippen molar-refractivity contribution < 1.29 is 4.74 Å². The Morgan fingerprint density at radius 2 is 1.95 bits per heavy atom. The number of rotatable bonds is 3. The normalized spacial score (nSPS) is 12.3. The van der Waals surface area contributed by atoms with Gasteiger partial charge in [-0.05, 0) is 53.3 Å². The molecule has 0 spiro atoms. The fourth-order valence-corrected chi connectivity index (χ4v) is 3.07. The van der Waals surface area contributed by atoms with E-state index >= 15 is 0 Å². The topological polar surface area (TPSA) is 9.23 Å². The Morgan fingerprint density at radius 1 is 1.21 bits per heavy atom.